The van der Waals surface area contributed by atoms with Crippen LogP contribution >= 0.6 is 0 Å². The van der Waals surface area contributed by atoms with Crippen LogP contribution in [0.5, 0.6) is 5.75 Å². The zero-order valence-corrected chi connectivity index (χ0v) is 17.5. The summed E-state index contributed by atoms with van der Waals surface area (Å²) in [5.41, 5.74) is 7.33. The smallest absolute Gasteiger partial charge is 0.219 e. The maximum atomic E-state index is 13.7. The minimum atomic E-state index is -3.74. The Morgan fingerprint density at radius 1 is 1.06 bits per heavy atom. The molecule has 9 nitrogen and oxygen atoms in total. The second-order valence-electron chi connectivity index (χ2n) is 7.36. The highest BCUT2D eigenvalue weighted by atomic mass is 32.2. The number of benzene rings is 1. The number of para-hydroxylation sites is 1. The molecule has 0 amide bonds. The van der Waals surface area contributed by atoms with E-state index in [4.69, 9.17) is 20.2 Å². The molecule has 4 heterocycles. The van der Waals surface area contributed by atoms with E-state index in [1.807, 2.05) is 17.0 Å². The fourth-order valence-corrected chi connectivity index (χ4v) is 5.43. The molecule has 0 spiro atoms. The highest BCUT2D eigenvalue weighted by molar-refractivity contribution is 7.91. The molecule has 1 unspecified atom stereocenters. The first kappa shape index (κ1) is 19.7. The number of sulfone groups is 1. The molecular formula is C21H21N5O4S. The molecule has 5 rings (SSSR count). The van der Waals surface area contributed by atoms with Crippen molar-refractivity contribution >= 4 is 21.6 Å². The van der Waals surface area contributed by atoms with Gasteiger partial charge in [-0.25, -0.2) is 23.4 Å². The summed E-state index contributed by atoms with van der Waals surface area (Å²) in [5, 5.41) is -0.779. The third kappa shape index (κ3) is 3.68. The average molecular weight is 439 g/mol. The largest absolute Gasteiger partial charge is 0.492 e. The van der Waals surface area contributed by atoms with E-state index >= 15 is 0 Å². The van der Waals surface area contributed by atoms with E-state index in [0.717, 1.165) is 0 Å². The van der Waals surface area contributed by atoms with E-state index in [2.05, 4.69) is 9.97 Å². The van der Waals surface area contributed by atoms with Gasteiger partial charge in [0.1, 0.15) is 23.4 Å². The van der Waals surface area contributed by atoms with Crippen LogP contribution in [0.2, 0.25) is 0 Å². The third-order valence-electron chi connectivity index (χ3n) is 5.45. The van der Waals surface area contributed by atoms with Crippen LogP contribution in [0.1, 0.15) is 10.8 Å². The molecule has 31 heavy (non-hydrogen) atoms. The lowest BCUT2D eigenvalue weighted by molar-refractivity contribution is 0.122. The van der Waals surface area contributed by atoms with Gasteiger partial charge >= 0.3 is 0 Å². The Hall–Kier alpha value is -3.24. The van der Waals surface area contributed by atoms with Crippen molar-refractivity contribution in [3.8, 4) is 17.0 Å². The predicted molar refractivity (Wildman–Crippen MR) is 115 cm³/mol. The molecule has 2 aliphatic rings. The Morgan fingerprint density at radius 2 is 1.81 bits per heavy atom. The van der Waals surface area contributed by atoms with Crippen LogP contribution in [0.15, 0.2) is 53.7 Å². The summed E-state index contributed by atoms with van der Waals surface area (Å²) in [6.45, 7) is 2.45. The zero-order valence-electron chi connectivity index (χ0n) is 16.6. The van der Waals surface area contributed by atoms with Gasteiger partial charge in [0.05, 0.1) is 23.8 Å². The number of rotatable bonds is 4. The Morgan fingerprint density at radius 3 is 2.58 bits per heavy atom. The molecule has 0 radical (unpaired) electrons. The summed E-state index contributed by atoms with van der Waals surface area (Å²) in [4.78, 5) is 14.9. The molecule has 2 aliphatic heterocycles. The van der Waals surface area contributed by atoms with Gasteiger partial charge in [0.25, 0.3) is 0 Å². The zero-order chi connectivity index (χ0) is 21.4. The second kappa shape index (κ2) is 7.78. The monoisotopic (exact) mass is 439 g/mol. The Kier molecular flexibility index (Phi) is 4.95. The molecule has 1 atom stereocenters. The molecule has 1 aromatic carbocycles. The van der Waals surface area contributed by atoms with Crippen LogP contribution in [0.4, 0.5) is 11.8 Å². The number of hydrogen-bond acceptors (Lipinski definition) is 9. The number of morpholine rings is 1. The third-order valence-corrected chi connectivity index (χ3v) is 7.48. The summed E-state index contributed by atoms with van der Waals surface area (Å²) in [6.07, 6.45) is 3.08. The Labute approximate surface area is 179 Å². The SMILES string of the molecule is Nc1ncc(-c2cc(S(=O)(=O)C3COc4ccccc43)cc(N3CCOCC3)n2)cn1. The minimum Gasteiger partial charge on any atom is -0.492 e. The molecule has 10 heteroatoms. The van der Waals surface area contributed by atoms with Crippen molar-refractivity contribution in [2.24, 2.45) is 0 Å². The van der Waals surface area contributed by atoms with Crippen molar-refractivity contribution in [3.63, 3.8) is 0 Å². The van der Waals surface area contributed by atoms with Gasteiger partial charge in [0.15, 0.2) is 9.84 Å². The molecular weight excluding hydrogens is 418 g/mol. The summed E-state index contributed by atoms with van der Waals surface area (Å²) < 4.78 is 38.4. The molecule has 1 saturated heterocycles. The quantitative estimate of drug-likeness (QED) is 0.649. The maximum absolute atomic E-state index is 13.7. The molecule has 160 valence electrons. The molecule has 2 N–H and O–H groups in total. The predicted octanol–water partition coefficient (Wildman–Crippen LogP) is 1.86. The number of nitrogens with two attached hydrogens (primary N) is 1. The number of hydrogen-bond donors (Lipinski definition) is 1. The molecule has 3 aromatic rings. The normalized spacial score (nSPS) is 18.5. The van der Waals surface area contributed by atoms with Gasteiger partial charge in [-0.05, 0) is 18.2 Å². The molecule has 2 aromatic heterocycles. The van der Waals surface area contributed by atoms with E-state index < -0.39 is 15.1 Å². The van der Waals surface area contributed by atoms with Crippen LogP contribution in [0.25, 0.3) is 11.3 Å². The van der Waals surface area contributed by atoms with Crippen LogP contribution in [-0.4, -0.2) is 56.3 Å². The molecule has 1 fully saturated rings. The lowest BCUT2D eigenvalue weighted by Crippen LogP contribution is -2.37. The number of pyridine rings is 1. The summed E-state index contributed by atoms with van der Waals surface area (Å²) in [6, 6.07) is 10.4. The van der Waals surface area contributed by atoms with Crippen LogP contribution < -0.4 is 15.4 Å². The second-order valence-corrected chi connectivity index (χ2v) is 9.49. The first-order chi connectivity index (χ1) is 15.0. The fraction of sp³-hybridized carbons (Fsp3) is 0.286. The van der Waals surface area contributed by atoms with Gasteiger partial charge in [-0.15, -0.1) is 0 Å². The van der Waals surface area contributed by atoms with E-state index in [1.165, 1.54) is 12.4 Å². The molecule has 0 aliphatic carbocycles. The number of fused-ring (bicyclic) bond motifs is 1. The number of nitrogens with zero attached hydrogens (tertiary/aromatic N) is 4. The maximum Gasteiger partial charge on any atom is 0.219 e. The van der Waals surface area contributed by atoms with Crippen molar-refractivity contribution in [2.45, 2.75) is 10.1 Å². The van der Waals surface area contributed by atoms with Crippen molar-refractivity contribution in [1.29, 1.82) is 0 Å². The first-order valence-corrected chi connectivity index (χ1v) is 11.5. The van der Waals surface area contributed by atoms with E-state index in [0.29, 0.717) is 54.7 Å². The van der Waals surface area contributed by atoms with Gasteiger partial charge in [-0.3, -0.25) is 0 Å². The Bertz CT molecular complexity index is 1210. The average Bonchev–Trinajstić information content (AvgIpc) is 3.25. The lowest BCUT2D eigenvalue weighted by atomic mass is 10.2. The van der Waals surface area contributed by atoms with E-state index in [-0.39, 0.29) is 17.5 Å². The number of nitrogen functional groups attached to an aromatic ring is 1. The summed E-state index contributed by atoms with van der Waals surface area (Å²) in [5.74, 6) is 1.31. The number of aromatic nitrogens is 3. The van der Waals surface area contributed by atoms with Gasteiger partial charge in [-0.2, -0.15) is 0 Å². The molecule has 0 bridgehead atoms. The van der Waals surface area contributed by atoms with Crippen LogP contribution in [-0.2, 0) is 14.6 Å². The van der Waals surface area contributed by atoms with Crippen molar-refractivity contribution in [3.05, 3.63) is 54.4 Å². The number of anilines is 2. The Balaban J connectivity index is 1.62. The lowest BCUT2D eigenvalue weighted by Gasteiger charge is -2.28. The van der Waals surface area contributed by atoms with Crippen LogP contribution in [0.3, 0.4) is 0 Å². The van der Waals surface area contributed by atoms with Crippen molar-refractivity contribution in [1.82, 2.24) is 15.0 Å². The highest BCUT2D eigenvalue weighted by Crippen LogP contribution is 2.41. The molecule has 0 saturated carbocycles. The number of ether oxygens (including phenoxy) is 2. The van der Waals surface area contributed by atoms with Gasteiger partial charge < -0.3 is 20.1 Å². The van der Waals surface area contributed by atoms with Crippen molar-refractivity contribution < 1.29 is 17.9 Å². The van der Waals surface area contributed by atoms with Crippen LogP contribution in [0, 0.1) is 0 Å². The topological polar surface area (TPSA) is 121 Å². The standard InChI is InChI=1S/C21H21N5O4S/c22-21-23-11-14(12-24-21)17-9-15(10-20(25-17)26-5-7-29-8-6-26)31(27,28)19-13-30-18-4-2-1-3-16(18)19/h1-4,9-12,19H,5-8,13H2,(H2,22,23,24). The van der Waals surface area contributed by atoms with Gasteiger partial charge in [0.2, 0.25) is 5.95 Å². The summed E-state index contributed by atoms with van der Waals surface area (Å²) in [7, 11) is -3.74. The summed E-state index contributed by atoms with van der Waals surface area (Å²) >= 11 is 0. The highest BCUT2D eigenvalue weighted by Gasteiger charge is 2.37. The fourth-order valence-electron chi connectivity index (χ4n) is 3.78. The minimum absolute atomic E-state index is 0.0806. The van der Waals surface area contributed by atoms with E-state index in [9.17, 15) is 8.42 Å². The van der Waals surface area contributed by atoms with E-state index in [1.54, 1.807) is 24.3 Å². The first-order valence-electron chi connectivity index (χ1n) is 9.91. The van der Waals surface area contributed by atoms with Gasteiger partial charge in [-0.1, -0.05) is 18.2 Å². The van der Waals surface area contributed by atoms with Gasteiger partial charge in [0, 0.05) is 36.6 Å². The van der Waals surface area contributed by atoms with Crippen molar-refractivity contribution in [2.75, 3.05) is 43.5 Å².